The van der Waals surface area contributed by atoms with Crippen LogP contribution >= 0.6 is 0 Å². The van der Waals surface area contributed by atoms with Gasteiger partial charge in [0, 0.05) is 49.4 Å². The molecule has 0 atom stereocenters. The maximum atomic E-state index is 0. The summed E-state index contributed by atoms with van der Waals surface area (Å²) in [4.78, 5) is 0. The van der Waals surface area contributed by atoms with E-state index < -0.39 is 0 Å². The fraction of sp³-hybridized carbons (Fsp3) is 0. The minimum atomic E-state index is 0. The van der Waals surface area contributed by atoms with Gasteiger partial charge in [-0.1, -0.05) is 0 Å². The molecule has 0 aliphatic carbocycles. The molecule has 0 N–H and O–H groups in total. The quantitative estimate of drug-likeness (QED) is 0.233. The van der Waals surface area contributed by atoms with Crippen LogP contribution in [0, 0.1) is 49.4 Å². The molecule has 0 bridgehead atoms. The summed E-state index contributed by atoms with van der Waals surface area (Å²) in [5.74, 6) is 0. The van der Waals surface area contributed by atoms with E-state index in [-0.39, 0.29) is 143 Å². The van der Waals surface area contributed by atoms with Crippen LogP contribution in [-0.2, 0) is 0 Å². The zero-order valence-corrected chi connectivity index (χ0v) is 12.1. The monoisotopic (exact) mass is 495 g/mol. The van der Waals surface area contributed by atoms with Gasteiger partial charge in [-0.15, -0.1) is 0 Å². The van der Waals surface area contributed by atoms with E-state index in [1.165, 1.54) is 0 Å². The standard InChI is InChI=1S/Eu.2HI.Sr/h;2*1H;/q;;;+2/p-2. The first-order valence-electron chi connectivity index (χ1n) is 0. The molecule has 0 heterocycles. The number of halogens is 2. The van der Waals surface area contributed by atoms with E-state index in [2.05, 4.69) is 0 Å². The number of rotatable bonds is 0. The molecule has 4 heteroatoms. The fourth-order valence-corrected chi connectivity index (χ4v) is 0. The average Bonchev–Trinajstić information content (AvgIpc) is 0. The summed E-state index contributed by atoms with van der Waals surface area (Å²) in [6, 6.07) is 0. The summed E-state index contributed by atoms with van der Waals surface area (Å²) in [5, 5.41) is 0. The molecule has 0 aromatic rings. The van der Waals surface area contributed by atoms with Crippen LogP contribution < -0.4 is 48.0 Å². The third-order valence-corrected chi connectivity index (χ3v) is 0. The Bertz CT molecular complexity index is 6.00. The van der Waals surface area contributed by atoms with Gasteiger partial charge in [0.1, 0.15) is 0 Å². The predicted molar refractivity (Wildman–Crippen MR) is 5.75 cm³/mol. The molecule has 0 aliphatic rings. The van der Waals surface area contributed by atoms with E-state index in [0.717, 1.165) is 0 Å². The van der Waals surface area contributed by atoms with Crippen LogP contribution in [0.5, 0.6) is 0 Å². The maximum Gasteiger partial charge on any atom is 2.00 e. The van der Waals surface area contributed by atoms with Crippen molar-refractivity contribution in [3.63, 3.8) is 0 Å². The molecule has 0 nitrogen and oxygen atoms in total. The average molecular weight is 493 g/mol. The molecule has 0 fully saturated rings. The molecular formula is EuI2Sr. The Balaban J connectivity index is 0. The van der Waals surface area contributed by atoms with Crippen molar-refractivity contribution in [3.05, 3.63) is 0 Å². The van der Waals surface area contributed by atoms with Gasteiger partial charge in [0.05, 0.1) is 0 Å². The zero-order chi connectivity index (χ0) is 0. The summed E-state index contributed by atoms with van der Waals surface area (Å²) in [7, 11) is 0. The van der Waals surface area contributed by atoms with E-state index in [4.69, 9.17) is 0 Å². The van der Waals surface area contributed by atoms with Gasteiger partial charge in [-0.3, -0.25) is 0 Å². The molecule has 0 aromatic heterocycles. The Labute approximate surface area is 138 Å². The Hall–Kier alpha value is 4.52. The van der Waals surface area contributed by atoms with E-state index in [9.17, 15) is 0 Å². The van der Waals surface area contributed by atoms with E-state index in [0.29, 0.717) is 0 Å². The summed E-state index contributed by atoms with van der Waals surface area (Å²) in [5.41, 5.74) is 0. The van der Waals surface area contributed by atoms with Gasteiger partial charge in [-0.2, -0.15) is 0 Å². The van der Waals surface area contributed by atoms with Crippen molar-refractivity contribution in [1.82, 2.24) is 0 Å². The smallest absolute Gasteiger partial charge is 1.00 e. The Morgan fingerprint density at radius 2 is 0.750 bits per heavy atom. The first kappa shape index (κ1) is 23.6. The molecule has 0 aromatic carbocycles. The zero-order valence-electron chi connectivity index (χ0n) is 1.84. The molecule has 0 aliphatic heterocycles. The van der Waals surface area contributed by atoms with Gasteiger partial charge >= 0.3 is 45.5 Å². The Morgan fingerprint density at radius 3 is 0.750 bits per heavy atom. The molecule has 0 saturated carbocycles. The van der Waals surface area contributed by atoms with Crippen molar-refractivity contribution in [2.45, 2.75) is 0 Å². The number of hydrogen-bond acceptors (Lipinski definition) is 0. The molecule has 1 radical (unpaired) electrons. The molecule has 4 heavy (non-hydrogen) atoms. The second-order valence-corrected chi connectivity index (χ2v) is 0. The summed E-state index contributed by atoms with van der Waals surface area (Å²) in [6.07, 6.45) is 0. The SMILES string of the molecule is [Eu].[I-].[I-].[Sr+2]. The summed E-state index contributed by atoms with van der Waals surface area (Å²) < 4.78 is 0. The van der Waals surface area contributed by atoms with Crippen molar-refractivity contribution >= 4 is 45.5 Å². The molecule has 0 rings (SSSR count). The third-order valence-electron chi connectivity index (χ3n) is 0. The first-order chi connectivity index (χ1) is 0. The molecule has 0 amide bonds. The second-order valence-electron chi connectivity index (χ2n) is 0. The van der Waals surface area contributed by atoms with Gasteiger partial charge in [0.2, 0.25) is 0 Å². The van der Waals surface area contributed by atoms with Gasteiger partial charge < -0.3 is 48.0 Å². The van der Waals surface area contributed by atoms with E-state index >= 15 is 0 Å². The van der Waals surface area contributed by atoms with Crippen LogP contribution in [0.4, 0.5) is 0 Å². The first-order valence-corrected chi connectivity index (χ1v) is 0. The van der Waals surface area contributed by atoms with Crippen molar-refractivity contribution in [2.75, 3.05) is 0 Å². The molecular weight excluding hydrogens is 493 g/mol. The van der Waals surface area contributed by atoms with Gasteiger partial charge in [0.15, 0.2) is 0 Å². The largest absolute Gasteiger partial charge is 2.00 e. The van der Waals surface area contributed by atoms with Crippen LogP contribution in [0.2, 0.25) is 0 Å². The maximum absolute atomic E-state index is 0. The van der Waals surface area contributed by atoms with Crippen LogP contribution in [0.3, 0.4) is 0 Å². The van der Waals surface area contributed by atoms with Crippen molar-refractivity contribution in [3.8, 4) is 0 Å². The predicted octanol–water partition coefficient (Wildman–Crippen LogP) is -6.37. The second kappa shape index (κ2) is 15.6. The molecule has 0 spiro atoms. The number of hydrogen-bond donors (Lipinski definition) is 0. The van der Waals surface area contributed by atoms with Gasteiger partial charge in [-0.05, 0) is 0 Å². The van der Waals surface area contributed by atoms with Gasteiger partial charge in [-0.25, -0.2) is 0 Å². The van der Waals surface area contributed by atoms with Crippen LogP contribution in [-0.4, -0.2) is 45.5 Å². The summed E-state index contributed by atoms with van der Waals surface area (Å²) >= 11 is 0. The van der Waals surface area contributed by atoms with Crippen molar-refractivity contribution < 1.29 is 97.3 Å². The topological polar surface area (TPSA) is 0 Å². The molecule has 0 saturated heterocycles. The Morgan fingerprint density at radius 1 is 0.750 bits per heavy atom. The van der Waals surface area contributed by atoms with Crippen LogP contribution in [0.1, 0.15) is 0 Å². The summed E-state index contributed by atoms with van der Waals surface area (Å²) in [6.45, 7) is 0. The van der Waals surface area contributed by atoms with E-state index in [1.54, 1.807) is 0 Å². The van der Waals surface area contributed by atoms with Crippen LogP contribution in [0.25, 0.3) is 0 Å². The van der Waals surface area contributed by atoms with E-state index in [1.807, 2.05) is 0 Å². The normalized spacial score (nSPS) is 0. The molecule has 23 valence electrons. The van der Waals surface area contributed by atoms with Crippen molar-refractivity contribution in [1.29, 1.82) is 0 Å². The fourth-order valence-electron chi connectivity index (χ4n) is 0. The Kier molecular flexibility index (Phi) is 92.2. The third kappa shape index (κ3) is 9.73. The minimum absolute atomic E-state index is 0. The van der Waals surface area contributed by atoms with Gasteiger partial charge in [0.25, 0.3) is 0 Å². The molecule has 0 unspecified atom stereocenters. The minimum Gasteiger partial charge on any atom is -1.00 e. The van der Waals surface area contributed by atoms with Crippen molar-refractivity contribution in [2.24, 2.45) is 0 Å². The van der Waals surface area contributed by atoms with Crippen LogP contribution in [0.15, 0.2) is 0 Å².